The second kappa shape index (κ2) is 8.57. The first-order valence-electron chi connectivity index (χ1n) is 10.9. The number of morpholine rings is 1. The first kappa shape index (κ1) is 20.4. The second-order valence-electron chi connectivity index (χ2n) is 8.00. The summed E-state index contributed by atoms with van der Waals surface area (Å²) in [6, 6.07) is 23.2. The SMILES string of the molecule is CC(O)c1ccc(N2CCOCC2)cc1-n1nc(-c2ccccc2)c2ccccc2c1=O. The number of rotatable bonds is 4. The first-order valence-corrected chi connectivity index (χ1v) is 10.9. The summed E-state index contributed by atoms with van der Waals surface area (Å²) < 4.78 is 6.92. The number of aliphatic hydroxyl groups excluding tert-OH is 1. The molecule has 0 amide bonds. The Hall–Kier alpha value is -3.48. The highest BCUT2D eigenvalue weighted by Crippen LogP contribution is 2.29. The van der Waals surface area contributed by atoms with Gasteiger partial charge in [-0.3, -0.25) is 4.79 Å². The van der Waals surface area contributed by atoms with Crippen molar-refractivity contribution in [1.82, 2.24) is 9.78 Å². The lowest BCUT2D eigenvalue weighted by molar-refractivity contribution is 0.122. The summed E-state index contributed by atoms with van der Waals surface area (Å²) in [5.41, 5.74) is 3.69. The molecule has 0 bridgehead atoms. The monoisotopic (exact) mass is 427 g/mol. The number of nitrogens with zero attached hydrogens (tertiary/aromatic N) is 3. The molecular formula is C26H25N3O3. The summed E-state index contributed by atoms with van der Waals surface area (Å²) in [5, 5.41) is 16.7. The van der Waals surface area contributed by atoms with Crippen molar-refractivity contribution in [3.8, 4) is 16.9 Å². The van der Waals surface area contributed by atoms with E-state index in [4.69, 9.17) is 9.84 Å². The minimum absolute atomic E-state index is 0.207. The van der Waals surface area contributed by atoms with E-state index >= 15 is 0 Å². The predicted octanol–water partition coefficient (Wildman–Crippen LogP) is 3.94. The summed E-state index contributed by atoms with van der Waals surface area (Å²) in [7, 11) is 0. The Bertz CT molecular complexity index is 1310. The molecule has 2 heterocycles. The lowest BCUT2D eigenvalue weighted by Crippen LogP contribution is -2.36. The minimum Gasteiger partial charge on any atom is -0.389 e. The van der Waals surface area contributed by atoms with Crippen molar-refractivity contribution in [3.05, 3.63) is 88.7 Å². The van der Waals surface area contributed by atoms with Gasteiger partial charge in [0.1, 0.15) is 0 Å². The van der Waals surface area contributed by atoms with Crippen molar-refractivity contribution in [3.63, 3.8) is 0 Å². The fourth-order valence-electron chi connectivity index (χ4n) is 4.25. The third-order valence-corrected chi connectivity index (χ3v) is 5.92. The van der Waals surface area contributed by atoms with Crippen molar-refractivity contribution in [2.45, 2.75) is 13.0 Å². The van der Waals surface area contributed by atoms with E-state index in [1.54, 1.807) is 6.92 Å². The Kier molecular flexibility index (Phi) is 5.47. The maximum Gasteiger partial charge on any atom is 0.279 e. The van der Waals surface area contributed by atoms with Crippen LogP contribution in [0.1, 0.15) is 18.6 Å². The maximum absolute atomic E-state index is 13.6. The summed E-state index contributed by atoms with van der Waals surface area (Å²) in [6.07, 6.45) is -0.746. The average Bonchev–Trinajstić information content (AvgIpc) is 2.85. The molecule has 4 aromatic rings. The van der Waals surface area contributed by atoms with Crippen molar-refractivity contribution in [2.75, 3.05) is 31.2 Å². The Morgan fingerprint density at radius 3 is 2.34 bits per heavy atom. The molecule has 0 radical (unpaired) electrons. The van der Waals surface area contributed by atoms with Gasteiger partial charge < -0.3 is 14.7 Å². The van der Waals surface area contributed by atoms with E-state index in [1.165, 1.54) is 4.68 Å². The van der Waals surface area contributed by atoms with E-state index in [-0.39, 0.29) is 5.56 Å². The molecule has 0 saturated carbocycles. The Balaban J connectivity index is 1.77. The van der Waals surface area contributed by atoms with Gasteiger partial charge in [-0.15, -0.1) is 0 Å². The third-order valence-electron chi connectivity index (χ3n) is 5.92. The molecule has 1 saturated heterocycles. The van der Waals surface area contributed by atoms with Crippen LogP contribution in [0.15, 0.2) is 77.6 Å². The zero-order valence-electron chi connectivity index (χ0n) is 17.9. The lowest BCUT2D eigenvalue weighted by atomic mass is 10.0. The smallest absolute Gasteiger partial charge is 0.279 e. The molecule has 1 atom stereocenters. The number of aromatic nitrogens is 2. The maximum atomic E-state index is 13.6. The molecule has 1 aliphatic rings. The van der Waals surface area contributed by atoms with Gasteiger partial charge in [0.15, 0.2) is 0 Å². The summed E-state index contributed by atoms with van der Waals surface area (Å²) >= 11 is 0. The molecular weight excluding hydrogens is 402 g/mol. The van der Waals surface area contributed by atoms with Crippen LogP contribution in [0.4, 0.5) is 5.69 Å². The number of benzene rings is 3. The number of ether oxygens (including phenoxy) is 1. The van der Waals surface area contributed by atoms with Gasteiger partial charge in [-0.25, -0.2) is 0 Å². The van der Waals surface area contributed by atoms with Crippen LogP contribution in [0, 0.1) is 0 Å². The third kappa shape index (κ3) is 3.68. The van der Waals surface area contributed by atoms with Gasteiger partial charge in [0.2, 0.25) is 0 Å². The summed E-state index contributed by atoms with van der Waals surface area (Å²) in [6.45, 7) is 4.60. The number of hydrogen-bond acceptors (Lipinski definition) is 5. The summed E-state index contributed by atoms with van der Waals surface area (Å²) in [4.78, 5) is 15.8. The number of hydrogen-bond donors (Lipinski definition) is 1. The fourth-order valence-corrected chi connectivity index (χ4v) is 4.25. The summed E-state index contributed by atoms with van der Waals surface area (Å²) in [5.74, 6) is 0. The van der Waals surface area contributed by atoms with Gasteiger partial charge >= 0.3 is 0 Å². The molecule has 5 rings (SSSR count). The highest BCUT2D eigenvalue weighted by atomic mass is 16.5. The van der Waals surface area contributed by atoms with Gasteiger partial charge in [-0.05, 0) is 25.1 Å². The Labute approximate surface area is 186 Å². The zero-order valence-corrected chi connectivity index (χ0v) is 17.9. The molecule has 6 nitrogen and oxygen atoms in total. The van der Waals surface area contributed by atoms with Crippen molar-refractivity contribution in [2.24, 2.45) is 0 Å². The van der Waals surface area contributed by atoms with Crippen LogP contribution >= 0.6 is 0 Å². The normalized spacial score (nSPS) is 15.1. The molecule has 1 aromatic heterocycles. The van der Waals surface area contributed by atoms with Crippen LogP contribution in [0.25, 0.3) is 27.7 Å². The van der Waals surface area contributed by atoms with Crippen molar-refractivity contribution in [1.29, 1.82) is 0 Å². The van der Waals surface area contributed by atoms with Gasteiger partial charge in [0, 0.05) is 35.3 Å². The highest BCUT2D eigenvalue weighted by molar-refractivity contribution is 5.94. The largest absolute Gasteiger partial charge is 0.389 e. The number of aliphatic hydroxyl groups is 1. The van der Waals surface area contributed by atoms with Gasteiger partial charge in [0.05, 0.1) is 36.1 Å². The zero-order chi connectivity index (χ0) is 22.1. The molecule has 0 aliphatic carbocycles. The molecule has 1 unspecified atom stereocenters. The minimum atomic E-state index is -0.746. The standard InChI is InChI=1S/C26H25N3O3/c1-18(30)21-12-11-20(28-13-15-32-16-14-28)17-24(21)29-26(31)23-10-6-5-9-22(23)25(27-29)19-7-3-2-4-8-19/h2-12,17-18,30H,13-16H2,1H3. The van der Waals surface area contributed by atoms with E-state index in [1.807, 2.05) is 72.8 Å². The second-order valence-corrected chi connectivity index (χ2v) is 8.00. The van der Waals surface area contributed by atoms with Crippen molar-refractivity contribution < 1.29 is 9.84 Å². The molecule has 162 valence electrons. The van der Waals surface area contributed by atoms with Crippen molar-refractivity contribution >= 4 is 16.5 Å². The lowest BCUT2D eigenvalue weighted by Gasteiger charge is -2.29. The van der Waals surface area contributed by atoms with E-state index in [0.717, 1.165) is 35.4 Å². The quantitative estimate of drug-likeness (QED) is 0.534. The van der Waals surface area contributed by atoms with Crippen LogP contribution < -0.4 is 10.5 Å². The van der Waals surface area contributed by atoms with E-state index < -0.39 is 6.10 Å². The van der Waals surface area contributed by atoms with E-state index in [2.05, 4.69) is 4.90 Å². The van der Waals surface area contributed by atoms with Crippen LogP contribution in [0.2, 0.25) is 0 Å². The van der Waals surface area contributed by atoms with Crippen LogP contribution in [-0.4, -0.2) is 41.2 Å². The molecule has 32 heavy (non-hydrogen) atoms. The topological polar surface area (TPSA) is 67.6 Å². The Morgan fingerprint density at radius 2 is 1.62 bits per heavy atom. The number of anilines is 1. The van der Waals surface area contributed by atoms with Gasteiger partial charge in [-0.2, -0.15) is 9.78 Å². The molecule has 1 fully saturated rings. The number of fused-ring (bicyclic) bond motifs is 1. The molecule has 0 spiro atoms. The Morgan fingerprint density at radius 1 is 0.938 bits per heavy atom. The first-order chi connectivity index (χ1) is 15.6. The molecule has 6 heteroatoms. The van der Waals surface area contributed by atoms with Crippen LogP contribution in [0.3, 0.4) is 0 Å². The predicted molar refractivity (Wildman–Crippen MR) is 126 cm³/mol. The average molecular weight is 428 g/mol. The van der Waals surface area contributed by atoms with Crippen LogP contribution in [-0.2, 0) is 4.74 Å². The fraction of sp³-hybridized carbons (Fsp3) is 0.231. The molecule has 1 aliphatic heterocycles. The highest BCUT2D eigenvalue weighted by Gasteiger charge is 2.19. The molecule has 3 aromatic carbocycles. The van der Waals surface area contributed by atoms with E-state index in [9.17, 15) is 9.90 Å². The van der Waals surface area contributed by atoms with Gasteiger partial charge in [-0.1, -0.05) is 54.6 Å². The van der Waals surface area contributed by atoms with E-state index in [0.29, 0.717) is 29.9 Å². The van der Waals surface area contributed by atoms with Crippen LogP contribution in [0.5, 0.6) is 0 Å². The van der Waals surface area contributed by atoms with Gasteiger partial charge in [0.25, 0.3) is 5.56 Å². The molecule has 1 N–H and O–H groups in total.